The number of methoxy groups -OCH3 is 1. The van der Waals surface area contributed by atoms with Gasteiger partial charge in [-0.15, -0.1) is 0 Å². The van der Waals surface area contributed by atoms with Gasteiger partial charge in [-0.05, 0) is 37.3 Å². The monoisotopic (exact) mass is 341 g/mol. The van der Waals surface area contributed by atoms with E-state index in [0.717, 1.165) is 11.4 Å². The van der Waals surface area contributed by atoms with Crippen LogP contribution in [0.2, 0.25) is 0 Å². The normalized spacial score (nSPS) is 10.5. The predicted molar refractivity (Wildman–Crippen MR) is 91.7 cm³/mol. The molecule has 0 bridgehead atoms. The summed E-state index contributed by atoms with van der Waals surface area (Å²) in [4.78, 5) is 12.3. The minimum absolute atomic E-state index is 0.200. The van der Waals surface area contributed by atoms with Gasteiger partial charge >= 0.3 is 0 Å². The fraction of sp³-hybridized carbons (Fsp3) is 0.235. The standard InChI is InChI=1S/C17H19N5O3/c1-12-16(10-18-21(12)2)19-17(23)15-8-9-22(20-15)11-25-14-6-4-13(24-3)5-7-14/h4-10H,11H2,1-3H3,(H,19,23). The highest BCUT2D eigenvalue weighted by Crippen LogP contribution is 2.17. The molecule has 0 aliphatic carbocycles. The molecule has 8 heteroatoms. The van der Waals surface area contributed by atoms with Crippen molar-refractivity contribution in [3.05, 3.63) is 54.1 Å². The lowest BCUT2D eigenvalue weighted by Gasteiger charge is -2.07. The van der Waals surface area contributed by atoms with E-state index in [4.69, 9.17) is 9.47 Å². The van der Waals surface area contributed by atoms with Gasteiger partial charge in [0.25, 0.3) is 5.91 Å². The van der Waals surface area contributed by atoms with Crippen LogP contribution in [0.4, 0.5) is 5.69 Å². The molecule has 0 radical (unpaired) electrons. The molecule has 2 heterocycles. The van der Waals surface area contributed by atoms with E-state index in [1.54, 1.807) is 47.1 Å². The number of nitrogens with zero attached hydrogens (tertiary/aromatic N) is 4. The summed E-state index contributed by atoms with van der Waals surface area (Å²) in [6, 6.07) is 8.88. The van der Waals surface area contributed by atoms with Gasteiger partial charge in [-0.1, -0.05) is 0 Å². The number of hydrogen-bond acceptors (Lipinski definition) is 5. The van der Waals surface area contributed by atoms with Gasteiger partial charge in [-0.25, -0.2) is 4.68 Å². The van der Waals surface area contributed by atoms with E-state index < -0.39 is 0 Å². The molecule has 25 heavy (non-hydrogen) atoms. The van der Waals surface area contributed by atoms with Crippen molar-refractivity contribution in [2.75, 3.05) is 12.4 Å². The van der Waals surface area contributed by atoms with E-state index >= 15 is 0 Å². The van der Waals surface area contributed by atoms with Crippen LogP contribution in [0.15, 0.2) is 42.7 Å². The minimum Gasteiger partial charge on any atom is -0.497 e. The van der Waals surface area contributed by atoms with Gasteiger partial charge in [-0.3, -0.25) is 9.48 Å². The van der Waals surface area contributed by atoms with Crippen molar-refractivity contribution in [2.24, 2.45) is 7.05 Å². The molecule has 130 valence electrons. The summed E-state index contributed by atoms with van der Waals surface area (Å²) >= 11 is 0. The van der Waals surface area contributed by atoms with Crippen LogP contribution >= 0.6 is 0 Å². The first-order chi connectivity index (χ1) is 12.1. The van der Waals surface area contributed by atoms with Crippen molar-refractivity contribution < 1.29 is 14.3 Å². The lowest BCUT2D eigenvalue weighted by molar-refractivity contribution is 0.102. The maximum absolute atomic E-state index is 12.3. The summed E-state index contributed by atoms with van der Waals surface area (Å²) in [6.45, 7) is 2.08. The van der Waals surface area contributed by atoms with Crippen molar-refractivity contribution >= 4 is 11.6 Å². The number of anilines is 1. The van der Waals surface area contributed by atoms with Crippen molar-refractivity contribution in [3.8, 4) is 11.5 Å². The first-order valence-corrected chi connectivity index (χ1v) is 7.67. The lowest BCUT2D eigenvalue weighted by Crippen LogP contribution is -2.14. The Morgan fingerprint density at radius 3 is 2.56 bits per heavy atom. The zero-order valence-electron chi connectivity index (χ0n) is 14.3. The van der Waals surface area contributed by atoms with Crippen LogP contribution < -0.4 is 14.8 Å². The molecule has 0 fully saturated rings. The van der Waals surface area contributed by atoms with Crippen molar-refractivity contribution in [1.82, 2.24) is 19.6 Å². The first-order valence-electron chi connectivity index (χ1n) is 7.67. The number of carbonyl (C=O) groups excluding carboxylic acids is 1. The molecule has 1 aromatic carbocycles. The Hall–Kier alpha value is -3.29. The van der Waals surface area contributed by atoms with E-state index in [1.807, 2.05) is 26.1 Å². The smallest absolute Gasteiger partial charge is 0.276 e. The molecular formula is C17H19N5O3. The summed E-state index contributed by atoms with van der Waals surface area (Å²) in [6.07, 6.45) is 3.30. The van der Waals surface area contributed by atoms with Gasteiger partial charge in [0.2, 0.25) is 0 Å². The Balaban J connectivity index is 1.59. The third-order valence-corrected chi connectivity index (χ3v) is 3.78. The van der Waals surface area contributed by atoms with Gasteiger partial charge in [-0.2, -0.15) is 10.2 Å². The van der Waals surface area contributed by atoms with Crippen molar-refractivity contribution in [2.45, 2.75) is 13.7 Å². The van der Waals surface area contributed by atoms with E-state index in [0.29, 0.717) is 17.1 Å². The largest absolute Gasteiger partial charge is 0.497 e. The van der Waals surface area contributed by atoms with Gasteiger partial charge in [0, 0.05) is 13.2 Å². The highest BCUT2D eigenvalue weighted by Gasteiger charge is 2.13. The molecule has 2 aromatic heterocycles. The zero-order valence-corrected chi connectivity index (χ0v) is 14.3. The molecular weight excluding hydrogens is 322 g/mol. The maximum atomic E-state index is 12.3. The fourth-order valence-corrected chi connectivity index (χ4v) is 2.18. The SMILES string of the molecule is COc1ccc(OCn2ccc(C(=O)Nc3cnn(C)c3C)n2)cc1. The summed E-state index contributed by atoms with van der Waals surface area (Å²) < 4.78 is 14.0. The average Bonchev–Trinajstić information content (AvgIpc) is 3.23. The van der Waals surface area contributed by atoms with Gasteiger partial charge in [0.1, 0.15) is 11.5 Å². The molecule has 3 aromatic rings. The molecule has 0 spiro atoms. The Kier molecular flexibility index (Phi) is 4.69. The zero-order chi connectivity index (χ0) is 17.8. The first kappa shape index (κ1) is 16.6. The number of aromatic nitrogens is 4. The summed E-state index contributed by atoms with van der Waals surface area (Å²) in [5.41, 5.74) is 1.84. The number of carbonyl (C=O) groups is 1. The third kappa shape index (κ3) is 3.79. The fourth-order valence-electron chi connectivity index (χ4n) is 2.18. The molecule has 0 aliphatic rings. The van der Waals surface area contributed by atoms with Crippen LogP contribution in [0.3, 0.4) is 0 Å². The minimum atomic E-state index is -0.292. The van der Waals surface area contributed by atoms with Gasteiger partial charge in [0.05, 0.1) is 24.7 Å². The second kappa shape index (κ2) is 7.08. The summed E-state index contributed by atoms with van der Waals surface area (Å²) in [5.74, 6) is 1.16. The van der Waals surface area contributed by atoms with Crippen LogP contribution in [0.1, 0.15) is 16.2 Å². The molecule has 0 saturated carbocycles. The molecule has 0 aliphatic heterocycles. The Morgan fingerprint density at radius 1 is 1.20 bits per heavy atom. The number of nitrogens with one attached hydrogen (secondary N) is 1. The second-order valence-electron chi connectivity index (χ2n) is 5.41. The lowest BCUT2D eigenvalue weighted by atomic mass is 10.3. The molecule has 1 amide bonds. The molecule has 0 atom stereocenters. The third-order valence-electron chi connectivity index (χ3n) is 3.78. The number of hydrogen-bond donors (Lipinski definition) is 1. The molecule has 0 unspecified atom stereocenters. The summed E-state index contributed by atoms with van der Waals surface area (Å²) in [5, 5.41) is 11.1. The van der Waals surface area contributed by atoms with Crippen LogP contribution in [0.5, 0.6) is 11.5 Å². The topological polar surface area (TPSA) is 83.2 Å². The van der Waals surface area contributed by atoms with E-state index in [9.17, 15) is 4.79 Å². The Labute approximate surface area is 145 Å². The van der Waals surface area contributed by atoms with Crippen LogP contribution in [-0.4, -0.2) is 32.6 Å². The van der Waals surface area contributed by atoms with E-state index in [-0.39, 0.29) is 12.6 Å². The molecule has 8 nitrogen and oxygen atoms in total. The van der Waals surface area contributed by atoms with Gasteiger partial charge < -0.3 is 14.8 Å². The quantitative estimate of drug-likeness (QED) is 0.743. The maximum Gasteiger partial charge on any atom is 0.276 e. The van der Waals surface area contributed by atoms with Crippen molar-refractivity contribution in [3.63, 3.8) is 0 Å². The average molecular weight is 341 g/mol. The number of ether oxygens (including phenoxy) is 2. The number of aryl methyl sites for hydroxylation is 1. The van der Waals surface area contributed by atoms with E-state index in [1.165, 1.54) is 0 Å². The van der Waals surface area contributed by atoms with Crippen molar-refractivity contribution in [1.29, 1.82) is 0 Å². The Morgan fingerprint density at radius 2 is 1.92 bits per heavy atom. The van der Waals surface area contributed by atoms with Gasteiger partial charge in [0.15, 0.2) is 12.4 Å². The van der Waals surface area contributed by atoms with Crippen LogP contribution in [0, 0.1) is 6.92 Å². The van der Waals surface area contributed by atoms with Crippen LogP contribution in [0.25, 0.3) is 0 Å². The number of amides is 1. The second-order valence-corrected chi connectivity index (χ2v) is 5.41. The molecule has 1 N–H and O–H groups in total. The number of rotatable bonds is 6. The molecule has 3 rings (SSSR count). The van der Waals surface area contributed by atoms with E-state index in [2.05, 4.69) is 15.5 Å². The van der Waals surface area contributed by atoms with Crippen LogP contribution in [-0.2, 0) is 13.8 Å². The number of benzene rings is 1. The predicted octanol–water partition coefficient (Wildman–Crippen LogP) is 2.22. The molecule has 0 saturated heterocycles. The summed E-state index contributed by atoms with van der Waals surface area (Å²) in [7, 11) is 3.43. The highest BCUT2D eigenvalue weighted by atomic mass is 16.5. The highest BCUT2D eigenvalue weighted by molar-refractivity contribution is 6.03. The Bertz CT molecular complexity index is 867.